The summed E-state index contributed by atoms with van der Waals surface area (Å²) >= 11 is 4.80. The molecule has 5 rings (SSSR count). The van der Waals surface area contributed by atoms with Crippen LogP contribution in [0.15, 0.2) is 88.0 Å². The Balaban J connectivity index is 1.31. The number of hydrogen-bond donors (Lipinski definition) is 0. The molecule has 4 aromatic rings. The molecule has 0 N–H and O–H groups in total. The minimum absolute atomic E-state index is 0.00390. The fraction of sp³-hybridized carbons (Fsp3) is 0.174. The van der Waals surface area contributed by atoms with Gasteiger partial charge in [0.05, 0.1) is 22.4 Å². The molecule has 0 spiro atoms. The van der Waals surface area contributed by atoms with Crippen LogP contribution in [0.2, 0.25) is 0 Å². The first-order chi connectivity index (χ1) is 15.3. The van der Waals surface area contributed by atoms with Gasteiger partial charge in [-0.3, -0.25) is 4.79 Å². The van der Waals surface area contributed by atoms with Gasteiger partial charge in [-0.05, 0) is 28.5 Å². The number of hydrazone groups is 1. The SMILES string of the molecule is O=C(CSc1nccn1Cc1ccccc1)N1N=C(c2cccs2)CC1c1cccs1. The zero-order chi connectivity index (χ0) is 21.0. The first kappa shape index (κ1) is 20.2. The molecule has 5 nitrogen and oxygen atoms in total. The van der Waals surface area contributed by atoms with Gasteiger partial charge in [-0.25, -0.2) is 9.99 Å². The quantitative estimate of drug-likeness (QED) is 0.338. The Morgan fingerprint density at radius 2 is 1.90 bits per heavy atom. The van der Waals surface area contributed by atoms with Crippen molar-refractivity contribution in [1.82, 2.24) is 14.6 Å². The van der Waals surface area contributed by atoms with Crippen molar-refractivity contribution in [3.8, 4) is 0 Å². The molecule has 1 aromatic carbocycles. The van der Waals surface area contributed by atoms with E-state index in [-0.39, 0.29) is 11.9 Å². The van der Waals surface area contributed by atoms with E-state index in [9.17, 15) is 4.79 Å². The van der Waals surface area contributed by atoms with E-state index in [1.165, 1.54) is 22.2 Å². The van der Waals surface area contributed by atoms with Gasteiger partial charge in [0.15, 0.2) is 5.16 Å². The predicted octanol–water partition coefficient (Wildman–Crippen LogP) is 5.52. The molecule has 1 amide bonds. The number of amides is 1. The Bertz CT molecular complexity index is 1170. The van der Waals surface area contributed by atoms with Gasteiger partial charge in [-0.2, -0.15) is 5.10 Å². The number of nitrogens with zero attached hydrogens (tertiary/aromatic N) is 4. The summed E-state index contributed by atoms with van der Waals surface area (Å²) in [6.07, 6.45) is 4.49. The van der Waals surface area contributed by atoms with E-state index in [0.29, 0.717) is 5.75 Å². The number of aromatic nitrogens is 2. The third-order valence-corrected chi connectivity index (χ3v) is 7.92. The normalized spacial score (nSPS) is 15.9. The van der Waals surface area contributed by atoms with Crippen LogP contribution >= 0.6 is 34.4 Å². The first-order valence-electron chi connectivity index (χ1n) is 9.92. The van der Waals surface area contributed by atoms with Gasteiger partial charge in [-0.1, -0.05) is 54.2 Å². The second-order valence-corrected chi connectivity index (χ2v) is 9.98. The van der Waals surface area contributed by atoms with Crippen LogP contribution in [0.1, 0.15) is 27.8 Å². The van der Waals surface area contributed by atoms with E-state index in [0.717, 1.165) is 28.7 Å². The van der Waals surface area contributed by atoms with Crippen molar-refractivity contribution >= 4 is 46.1 Å². The molecule has 1 unspecified atom stereocenters. The highest BCUT2D eigenvalue weighted by molar-refractivity contribution is 7.99. The van der Waals surface area contributed by atoms with Gasteiger partial charge >= 0.3 is 0 Å². The van der Waals surface area contributed by atoms with E-state index in [4.69, 9.17) is 5.10 Å². The van der Waals surface area contributed by atoms with E-state index in [1.54, 1.807) is 33.9 Å². The second-order valence-electron chi connectivity index (χ2n) is 7.11. The molecule has 8 heteroatoms. The molecule has 0 radical (unpaired) electrons. The summed E-state index contributed by atoms with van der Waals surface area (Å²) in [5, 5.41) is 11.4. The van der Waals surface area contributed by atoms with E-state index < -0.39 is 0 Å². The van der Waals surface area contributed by atoms with Crippen LogP contribution in [0, 0.1) is 0 Å². The number of benzene rings is 1. The maximum atomic E-state index is 13.2. The van der Waals surface area contributed by atoms with Crippen molar-refractivity contribution in [3.63, 3.8) is 0 Å². The zero-order valence-electron chi connectivity index (χ0n) is 16.6. The Hall–Kier alpha value is -2.68. The van der Waals surface area contributed by atoms with E-state index in [2.05, 4.69) is 39.2 Å². The number of imidazole rings is 1. The van der Waals surface area contributed by atoms with Crippen molar-refractivity contribution < 1.29 is 4.79 Å². The van der Waals surface area contributed by atoms with Crippen LogP contribution < -0.4 is 0 Å². The lowest BCUT2D eigenvalue weighted by Gasteiger charge is -2.20. The third kappa shape index (κ3) is 4.51. The molecule has 0 aliphatic carbocycles. The van der Waals surface area contributed by atoms with Crippen molar-refractivity contribution in [2.24, 2.45) is 5.10 Å². The molecule has 156 valence electrons. The zero-order valence-corrected chi connectivity index (χ0v) is 19.1. The van der Waals surface area contributed by atoms with Gasteiger partial charge in [0.25, 0.3) is 5.91 Å². The molecule has 1 aliphatic heterocycles. The predicted molar refractivity (Wildman–Crippen MR) is 128 cm³/mol. The fourth-order valence-electron chi connectivity index (χ4n) is 3.56. The molecule has 1 aliphatic rings. The standard InChI is InChI=1S/C23H20N4OS3/c28-22(16-31-23-24-10-11-26(23)15-17-6-2-1-3-7-17)27-19(21-9-5-13-30-21)14-18(25-27)20-8-4-12-29-20/h1-13,19H,14-16H2. The summed E-state index contributed by atoms with van der Waals surface area (Å²) in [7, 11) is 0. The van der Waals surface area contributed by atoms with Crippen LogP contribution in [0.4, 0.5) is 0 Å². The van der Waals surface area contributed by atoms with Gasteiger partial charge in [-0.15, -0.1) is 22.7 Å². The molecule has 0 bridgehead atoms. The summed E-state index contributed by atoms with van der Waals surface area (Å²) in [5.41, 5.74) is 2.19. The largest absolute Gasteiger partial charge is 0.322 e. The van der Waals surface area contributed by atoms with E-state index >= 15 is 0 Å². The monoisotopic (exact) mass is 464 g/mol. The number of rotatable bonds is 7. The van der Waals surface area contributed by atoms with Crippen molar-refractivity contribution in [2.75, 3.05) is 5.75 Å². The second kappa shape index (κ2) is 9.21. The van der Waals surface area contributed by atoms with Gasteiger partial charge in [0, 0.05) is 30.2 Å². The number of thiophene rings is 2. The lowest BCUT2D eigenvalue weighted by molar-refractivity contribution is -0.130. The Morgan fingerprint density at radius 1 is 1.06 bits per heavy atom. The minimum Gasteiger partial charge on any atom is -0.322 e. The van der Waals surface area contributed by atoms with Gasteiger partial charge < -0.3 is 4.57 Å². The molecule has 0 saturated heterocycles. The highest BCUT2D eigenvalue weighted by Gasteiger charge is 2.34. The highest BCUT2D eigenvalue weighted by Crippen LogP contribution is 2.36. The average Bonchev–Trinajstić information content (AvgIpc) is 3.59. The summed E-state index contributed by atoms with van der Waals surface area (Å²) in [6.45, 7) is 0.736. The summed E-state index contributed by atoms with van der Waals surface area (Å²) < 4.78 is 2.08. The van der Waals surface area contributed by atoms with E-state index in [1.807, 2.05) is 41.9 Å². The molecule has 4 heterocycles. The summed E-state index contributed by atoms with van der Waals surface area (Å²) in [4.78, 5) is 20.0. The van der Waals surface area contributed by atoms with Gasteiger partial charge in [0.2, 0.25) is 0 Å². The molecule has 3 aromatic heterocycles. The average molecular weight is 465 g/mol. The van der Waals surface area contributed by atoms with Crippen LogP contribution in [0.3, 0.4) is 0 Å². The summed E-state index contributed by atoms with van der Waals surface area (Å²) in [6, 6.07) is 18.4. The topological polar surface area (TPSA) is 50.5 Å². The molecular formula is C23H20N4OS3. The smallest absolute Gasteiger partial charge is 0.253 e. The molecule has 31 heavy (non-hydrogen) atoms. The number of hydrogen-bond acceptors (Lipinski definition) is 6. The highest BCUT2D eigenvalue weighted by atomic mass is 32.2. The maximum Gasteiger partial charge on any atom is 0.253 e. The van der Waals surface area contributed by atoms with Crippen LogP contribution in [-0.4, -0.2) is 31.9 Å². The minimum atomic E-state index is -0.0331. The lowest BCUT2D eigenvalue weighted by atomic mass is 10.1. The van der Waals surface area contributed by atoms with Crippen molar-refractivity contribution in [1.29, 1.82) is 0 Å². The number of carbonyl (C=O) groups excluding carboxylic acids is 1. The fourth-order valence-corrected chi connectivity index (χ4v) is 5.91. The van der Waals surface area contributed by atoms with Crippen LogP contribution in [-0.2, 0) is 11.3 Å². The van der Waals surface area contributed by atoms with Gasteiger partial charge in [0.1, 0.15) is 0 Å². The van der Waals surface area contributed by atoms with Crippen LogP contribution in [0.5, 0.6) is 0 Å². The van der Waals surface area contributed by atoms with Crippen molar-refractivity contribution in [2.45, 2.75) is 24.2 Å². The van der Waals surface area contributed by atoms with Crippen molar-refractivity contribution in [3.05, 3.63) is 93.1 Å². The Kier molecular flexibility index (Phi) is 6.01. The summed E-state index contributed by atoms with van der Waals surface area (Å²) in [5.74, 6) is 0.304. The maximum absolute atomic E-state index is 13.2. The molecular weight excluding hydrogens is 444 g/mol. The first-order valence-corrected chi connectivity index (χ1v) is 12.7. The van der Waals surface area contributed by atoms with Crippen LogP contribution in [0.25, 0.3) is 0 Å². The Morgan fingerprint density at radius 3 is 2.68 bits per heavy atom. The number of carbonyl (C=O) groups is 1. The Labute approximate surface area is 193 Å². The molecule has 1 atom stereocenters. The lowest BCUT2D eigenvalue weighted by Crippen LogP contribution is -2.28. The molecule has 0 saturated carbocycles. The number of thioether (sulfide) groups is 1. The third-order valence-electron chi connectivity index (χ3n) is 5.04. The molecule has 0 fully saturated rings.